The van der Waals surface area contributed by atoms with Crippen molar-refractivity contribution < 1.29 is 14.5 Å². The predicted octanol–water partition coefficient (Wildman–Crippen LogP) is 2.34. The van der Waals surface area contributed by atoms with Crippen LogP contribution < -0.4 is 10.6 Å². The van der Waals surface area contributed by atoms with Crippen molar-refractivity contribution >= 4 is 29.0 Å². The van der Waals surface area contributed by atoms with Crippen LogP contribution in [0.2, 0.25) is 0 Å². The van der Waals surface area contributed by atoms with Crippen LogP contribution in [0.25, 0.3) is 0 Å². The normalized spacial score (nSPS) is 17.6. The summed E-state index contributed by atoms with van der Waals surface area (Å²) in [7, 11) is 0. The second-order valence-electron chi connectivity index (χ2n) is 5.37. The molecule has 2 rings (SSSR count). The standard InChI is InChI=1S/C15H17N3O4S/c1-8(2)22-14(19)12-9(3)16-15(23)17-13(12)10-4-6-11(7-5-10)18(20)21/h4-8,13H,1-3H3,(H2,16,17,23)/t13-/m1/s1. The molecule has 2 N–H and O–H groups in total. The molecule has 0 saturated carbocycles. The molecular weight excluding hydrogens is 318 g/mol. The van der Waals surface area contributed by atoms with E-state index in [1.54, 1.807) is 32.9 Å². The molecule has 1 aliphatic heterocycles. The molecule has 1 aromatic rings. The van der Waals surface area contributed by atoms with E-state index in [0.29, 0.717) is 21.9 Å². The molecule has 122 valence electrons. The highest BCUT2D eigenvalue weighted by molar-refractivity contribution is 7.80. The van der Waals surface area contributed by atoms with Crippen LogP contribution in [0.1, 0.15) is 32.4 Å². The van der Waals surface area contributed by atoms with Gasteiger partial charge in [-0.25, -0.2) is 4.79 Å². The largest absolute Gasteiger partial charge is 0.459 e. The Morgan fingerprint density at radius 1 is 1.35 bits per heavy atom. The molecule has 7 nitrogen and oxygen atoms in total. The van der Waals surface area contributed by atoms with E-state index < -0.39 is 16.9 Å². The lowest BCUT2D eigenvalue weighted by Gasteiger charge is -2.30. The highest BCUT2D eigenvalue weighted by atomic mass is 32.1. The second-order valence-corrected chi connectivity index (χ2v) is 5.78. The van der Waals surface area contributed by atoms with Crippen molar-refractivity contribution in [2.75, 3.05) is 0 Å². The van der Waals surface area contributed by atoms with Gasteiger partial charge >= 0.3 is 5.97 Å². The molecular formula is C15H17N3O4S. The summed E-state index contributed by atoms with van der Waals surface area (Å²) in [5.41, 5.74) is 1.68. The molecule has 1 aliphatic rings. The van der Waals surface area contributed by atoms with Gasteiger partial charge in [-0.2, -0.15) is 0 Å². The molecule has 0 aliphatic carbocycles. The maximum atomic E-state index is 12.4. The lowest BCUT2D eigenvalue weighted by molar-refractivity contribution is -0.384. The molecule has 0 aromatic heterocycles. The number of benzene rings is 1. The van der Waals surface area contributed by atoms with Crippen LogP contribution >= 0.6 is 12.2 Å². The molecule has 0 amide bonds. The summed E-state index contributed by atoms with van der Waals surface area (Å²) in [5.74, 6) is -0.455. The van der Waals surface area contributed by atoms with Crippen molar-refractivity contribution in [1.82, 2.24) is 10.6 Å². The van der Waals surface area contributed by atoms with Gasteiger partial charge in [0, 0.05) is 17.8 Å². The van der Waals surface area contributed by atoms with E-state index in [-0.39, 0.29) is 11.8 Å². The Hall–Kier alpha value is -2.48. The molecule has 23 heavy (non-hydrogen) atoms. The molecule has 1 atom stereocenters. The number of esters is 1. The number of carbonyl (C=O) groups excluding carboxylic acids is 1. The third-order valence-corrected chi connectivity index (χ3v) is 3.49. The monoisotopic (exact) mass is 335 g/mol. The van der Waals surface area contributed by atoms with E-state index in [4.69, 9.17) is 17.0 Å². The molecule has 0 saturated heterocycles. The number of nitrogens with one attached hydrogen (secondary N) is 2. The molecule has 1 heterocycles. The minimum absolute atomic E-state index is 0.0164. The first-order valence-corrected chi connectivity index (χ1v) is 7.44. The first-order valence-electron chi connectivity index (χ1n) is 7.03. The summed E-state index contributed by atoms with van der Waals surface area (Å²) < 4.78 is 5.28. The Morgan fingerprint density at radius 2 is 1.96 bits per heavy atom. The van der Waals surface area contributed by atoms with E-state index in [1.165, 1.54) is 12.1 Å². The summed E-state index contributed by atoms with van der Waals surface area (Å²) in [6, 6.07) is 5.46. The van der Waals surface area contributed by atoms with Crippen molar-refractivity contribution in [2.24, 2.45) is 0 Å². The number of nitrogens with zero attached hydrogens (tertiary/aromatic N) is 1. The van der Waals surface area contributed by atoms with Gasteiger partial charge in [0.25, 0.3) is 5.69 Å². The molecule has 0 bridgehead atoms. The first kappa shape index (κ1) is 16.9. The van der Waals surface area contributed by atoms with Gasteiger partial charge in [0.2, 0.25) is 0 Å². The van der Waals surface area contributed by atoms with Crippen molar-refractivity contribution in [1.29, 1.82) is 0 Å². The second kappa shape index (κ2) is 6.74. The van der Waals surface area contributed by atoms with Gasteiger partial charge in [-0.05, 0) is 50.7 Å². The number of allylic oxidation sites excluding steroid dienone is 1. The average molecular weight is 335 g/mol. The third kappa shape index (κ3) is 3.84. The van der Waals surface area contributed by atoms with E-state index >= 15 is 0 Å². The van der Waals surface area contributed by atoms with Gasteiger partial charge in [0.15, 0.2) is 5.11 Å². The van der Waals surface area contributed by atoms with Crippen molar-refractivity contribution in [3.8, 4) is 0 Å². The minimum atomic E-state index is -0.518. The summed E-state index contributed by atoms with van der Waals surface area (Å²) in [5, 5.41) is 17.1. The van der Waals surface area contributed by atoms with E-state index in [0.717, 1.165) is 0 Å². The molecule has 0 fully saturated rings. The lowest BCUT2D eigenvalue weighted by atomic mass is 9.95. The first-order chi connectivity index (χ1) is 10.8. The number of ether oxygens (including phenoxy) is 1. The number of hydrogen-bond acceptors (Lipinski definition) is 5. The quantitative estimate of drug-likeness (QED) is 0.377. The molecule has 0 unspecified atom stereocenters. The van der Waals surface area contributed by atoms with Crippen molar-refractivity contribution in [3.63, 3.8) is 0 Å². The van der Waals surface area contributed by atoms with E-state index in [2.05, 4.69) is 10.6 Å². The lowest BCUT2D eigenvalue weighted by Crippen LogP contribution is -2.45. The molecule has 8 heteroatoms. The van der Waals surface area contributed by atoms with Crippen LogP contribution in [0, 0.1) is 10.1 Å². The van der Waals surface area contributed by atoms with Gasteiger partial charge in [0.05, 0.1) is 22.6 Å². The number of nitro benzene ring substituents is 1. The van der Waals surface area contributed by atoms with Crippen molar-refractivity contribution in [3.05, 3.63) is 51.2 Å². The molecule has 1 aromatic carbocycles. The summed E-state index contributed by atoms with van der Waals surface area (Å²) in [6.45, 7) is 5.27. The van der Waals surface area contributed by atoms with Gasteiger partial charge in [0.1, 0.15) is 0 Å². The zero-order chi connectivity index (χ0) is 17.1. The molecule has 0 spiro atoms. The van der Waals surface area contributed by atoms with Crippen LogP contribution in [-0.2, 0) is 9.53 Å². The zero-order valence-corrected chi connectivity index (χ0v) is 13.8. The minimum Gasteiger partial charge on any atom is -0.459 e. The van der Waals surface area contributed by atoms with Crippen LogP contribution in [0.3, 0.4) is 0 Å². The topological polar surface area (TPSA) is 93.5 Å². The Kier molecular flexibility index (Phi) is 4.95. The maximum absolute atomic E-state index is 12.4. The number of non-ortho nitro benzene ring substituents is 1. The number of nitro groups is 1. The predicted molar refractivity (Wildman–Crippen MR) is 88.6 cm³/mol. The SMILES string of the molecule is CC1=C(C(=O)OC(C)C)[C@@H](c2ccc([N+](=O)[O-])cc2)NC(=S)N1. The van der Waals surface area contributed by atoms with Gasteiger partial charge in [-0.1, -0.05) is 0 Å². The number of carbonyl (C=O) groups is 1. The average Bonchev–Trinajstić information content (AvgIpc) is 2.45. The summed E-state index contributed by atoms with van der Waals surface area (Å²) in [6.07, 6.45) is -0.255. The van der Waals surface area contributed by atoms with Gasteiger partial charge < -0.3 is 15.4 Å². The fourth-order valence-corrected chi connectivity index (χ4v) is 2.55. The number of thiocarbonyl (C=S) groups is 1. The number of hydrogen-bond donors (Lipinski definition) is 2. The van der Waals surface area contributed by atoms with E-state index in [9.17, 15) is 14.9 Å². The van der Waals surface area contributed by atoms with Crippen molar-refractivity contribution in [2.45, 2.75) is 32.9 Å². The summed E-state index contributed by atoms with van der Waals surface area (Å²) >= 11 is 5.14. The van der Waals surface area contributed by atoms with Crippen LogP contribution in [-0.4, -0.2) is 22.1 Å². The van der Waals surface area contributed by atoms with Gasteiger partial charge in [-0.3, -0.25) is 10.1 Å². The van der Waals surface area contributed by atoms with Crippen LogP contribution in [0.15, 0.2) is 35.5 Å². The Bertz CT molecular complexity index is 682. The highest BCUT2D eigenvalue weighted by Crippen LogP contribution is 2.29. The fraction of sp³-hybridized carbons (Fsp3) is 0.333. The summed E-state index contributed by atoms with van der Waals surface area (Å²) in [4.78, 5) is 22.7. The van der Waals surface area contributed by atoms with Crippen LogP contribution in [0.5, 0.6) is 0 Å². The fourth-order valence-electron chi connectivity index (χ4n) is 2.28. The Balaban J connectivity index is 2.40. The van der Waals surface area contributed by atoms with E-state index in [1.807, 2.05) is 0 Å². The third-order valence-electron chi connectivity index (χ3n) is 3.27. The highest BCUT2D eigenvalue weighted by Gasteiger charge is 2.31. The van der Waals surface area contributed by atoms with Crippen LogP contribution in [0.4, 0.5) is 5.69 Å². The zero-order valence-electron chi connectivity index (χ0n) is 13.0. The Morgan fingerprint density at radius 3 is 2.48 bits per heavy atom. The Labute approximate surface area is 138 Å². The number of rotatable bonds is 4. The van der Waals surface area contributed by atoms with Gasteiger partial charge in [-0.15, -0.1) is 0 Å². The molecule has 0 radical (unpaired) electrons. The smallest absolute Gasteiger partial charge is 0.338 e. The maximum Gasteiger partial charge on any atom is 0.338 e.